The van der Waals surface area contributed by atoms with E-state index >= 15 is 0 Å². The van der Waals surface area contributed by atoms with Gasteiger partial charge in [-0.05, 0) is 5.56 Å². The van der Waals surface area contributed by atoms with Crippen molar-refractivity contribution in [3.8, 4) is 0 Å². The van der Waals surface area contributed by atoms with Crippen molar-refractivity contribution in [1.29, 1.82) is 0 Å². The van der Waals surface area contributed by atoms with E-state index in [-0.39, 0.29) is 5.76 Å². The molecular weight excluding hydrogens is 236 g/mol. The zero-order valence-electron chi connectivity index (χ0n) is 9.24. The van der Waals surface area contributed by atoms with Crippen molar-refractivity contribution in [2.24, 2.45) is 0 Å². The van der Waals surface area contributed by atoms with Crippen LogP contribution in [0.2, 0.25) is 0 Å². The second-order valence-electron chi connectivity index (χ2n) is 3.53. The van der Waals surface area contributed by atoms with Gasteiger partial charge in [-0.2, -0.15) is 0 Å². The lowest BCUT2D eigenvalue weighted by Crippen LogP contribution is -2.33. The first-order valence-corrected chi connectivity index (χ1v) is 5.18. The molecule has 92 valence electrons. The summed E-state index contributed by atoms with van der Waals surface area (Å²) in [6.45, 7) is 0. The van der Waals surface area contributed by atoms with E-state index in [0.29, 0.717) is 5.56 Å². The maximum Gasteiger partial charge on any atom is 0.330 e. The molecule has 1 heterocycles. The zero-order chi connectivity index (χ0) is 13.0. The average molecular weight is 246 g/mol. The minimum Gasteiger partial charge on any atom is -0.479 e. The molecule has 1 amide bonds. The highest BCUT2D eigenvalue weighted by Gasteiger charge is 2.23. The van der Waals surface area contributed by atoms with Crippen LogP contribution >= 0.6 is 0 Å². The van der Waals surface area contributed by atoms with E-state index in [4.69, 9.17) is 5.11 Å². The molecule has 6 heteroatoms. The maximum atomic E-state index is 11.7. The van der Waals surface area contributed by atoms with Gasteiger partial charge in [0.2, 0.25) is 5.76 Å². The highest BCUT2D eigenvalue weighted by molar-refractivity contribution is 5.94. The molecule has 0 saturated heterocycles. The van der Waals surface area contributed by atoms with Gasteiger partial charge in [0, 0.05) is 6.07 Å². The Bertz CT molecular complexity index is 536. The Balaban J connectivity index is 2.18. The van der Waals surface area contributed by atoms with Crippen LogP contribution in [-0.2, 0) is 4.79 Å². The quantitative estimate of drug-likeness (QED) is 0.846. The summed E-state index contributed by atoms with van der Waals surface area (Å²) in [5.41, 5.74) is 0.484. The first-order chi connectivity index (χ1) is 8.68. The molecule has 2 N–H and O–H groups in total. The Morgan fingerprint density at radius 2 is 1.94 bits per heavy atom. The van der Waals surface area contributed by atoms with Gasteiger partial charge in [-0.1, -0.05) is 35.5 Å². The summed E-state index contributed by atoms with van der Waals surface area (Å²) >= 11 is 0. The number of nitrogens with zero attached hydrogens (tertiary/aromatic N) is 1. The van der Waals surface area contributed by atoms with Gasteiger partial charge in [0.05, 0.1) is 6.20 Å². The lowest BCUT2D eigenvalue weighted by atomic mass is 10.1. The molecule has 0 spiro atoms. The van der Waals surface area contributed by atoms with Crippen LogP contribution in [-0.4, -0.2) is 22.1 Å². The number of carbonyl (C=O) groups is 2. The van der Waals surface area contributed by atoms with Gasteiger partial charge in [0.1, 0.15) is 0 Å². The molecule has 0 radical (unpaired) electrons. The van der Waals surface area contributed by atoms with Crippen LogP contribution in [0.1, 0.15) is 22.2 Å². The SMILES string of the molecule is O=C(N[C@@H](C(=O)O)c1ccccc1)c1ccno1. The molecule has 6 nitrogen and oxygen atoms in total. The first-order valence-electron chi connectivity index (χ1n) is 5.18. The number of amides is 1. The van der Waals surface area contributed by atoms with E-state index < -0.39 is 17.9 Å². The molecule has 0 bridgehead atoms. The molecule has 0 fully saturated rings. The van der Waals surface area contributed by atoms with Gasteiger partial charge in [-0.3, -0.25) is 4.79 Å². The van der Waals surface area contributed by atoms with Crippen molar-refractivity contribution in [2.45, 2.75) is 6.04 Å². The Hall–Kier alpha value is -2.63. The van der Waals surface area contributed by atoms with Crippen LogP contribution in [0.25, 0.3) is 0 Å². The summed E-state index contributed by atoms with van der Waals surface area (Å²) < 4.78 is 4.66. The number of carboxylic acids is 1. The fourth-order valence-corrected chi connectivity index (χ4v) is 1.47. The Kier molecular flexibility index (Phi) is 3.38. The third-order valence-electron chi connectivity index (χ3n) is 2.32. The summed E-state index contributed by atoms with van der Waals surface area (Å²) in [5, 5.41) is 14.9. The van der Waals surface area contributed by atoms with E-state index in [2.05, 4.69) is 15.0 Å². The highest BCUT2D eigenvalue weighted by atomic mass is 16.5. The number of carbonyl (C=O) groups excluding carboxylic acids is 1. The summed E-state index contributed by atoms with van der Waals surface area (Å²) in [7, 11) is 0. The lowest BCUT2D eigenvalue weighted by molar-refractivity contribution is -0.139. The van der Waals surface area contributed by atoms with Crippen molar-refractivity contribution in [3.05, 3.63) is 53.9 Å². The smallest absolute Gasteiger partial charge is 0.330 e. The fourth-order valence-electron chi connectivity index (χ4n) is 1.47. The monoisotopic (exact) mass is 246 g/mol. The minimum atomic E-state index is -1.14. The molecule has 18 heavy (non-hydrogen) atoms. The number of hydrogen-bond donors (Lipinski definition) is 2. The third-order valence-corrected chi connectivity index (χ3v) is 2.32. The molecule has 2 rings (SSSR count). The van der Waals surface area contributed by atoms with E-state index in [1.807, 2.05) is 0 Å². The van der Waals surface area contributed by atoms with Crippen LogP contribution in [0.15, 0.2) is 47.1 Å². The van der Waals surface area contributed by atoms with Crippen molar-refractivity contribution >= 4 is 11.9 Å². The number of aromatic nitrogens is 1. The molecular formula is C12H10N2O4. The normalized spacial score (nSPS) is 11.8. The minimum absolute atomic E-state index is 0.0304. The summed E-state index contributed by atoms with van der Waals surface area (Å²) in [5.74, 6) is -1.80. The number of nitrogens with one attached hydrogen (secondary N) is 1. The van der Waals surface area contributed by atoms with Gasteiger partial charge >= 0.3 is 5.97 Å². The molecule has 1 atom stereocenters. The number of aliphatic carboxylic acids is 1. The van der Waals surface area contributed by atoms with Crippen molar-refractivity contribution < 1.29 is 19.2 Å². The number of benzene rings is 1. The molecule has 1 aromatic heterocycles. The van der Waals surface area contributed by atoms with Crippen LogP contribution in [0.3, 0.4) is 0 Å². The van der Waals surface area contributed by atoms with Crippen molar-refractivity contribution in [2.75, 3.05) is 0 Å². The molecule has 0 aliphatic carbocycles. The van der Waals surface area contributed by atoms with E-state index in [1.165, 1.54) is 12.3 Å². The van der Waals surface area contributed by atoms with Gasteiger partial charge in [-0.25, -0.2) is 4.79 Å². The summed E-state index contributed by atoms with van der Waals surface area (Å²) in [6.07, 6.45) is 1.31. The predicted molar refractivity (Wildman–Crippen MR) is 60.8 cm³/mol. The summed E-state index contributed by atoms with van der Waals surface area (Å²) in [4.78, 5) is 22.8. The standard InChI is InChI=1S/C12H10N2O4/c15-11(9-6-7-13-18-9)14-10(12(16)17)8-4-2-1-3-5-8/h1-7,10H,(H,14,15)(H,16,17)/t10-/m1/s1. The van der Waals surface area contributed by atoms with Crippen LogP contribution in [0.5, 0.6) is 0 Å². The highest BCUT2D eigenvalue weighted by Crippen LogP contribution is 2.13. The van der Waals surface area contributed by atoms with Gasteiger partial charge in [-0.15, -0.1) is 0 Å². The largest absolute Gasteiger partial charge is 0.479 e. The topological polar surface area (TPSA) is 92.4 Å². The van der Waals surface area contributed by atoms with Gasteiger partial charge < -0.3 is 14.9 Å². The zero-order valence-corrected chi connectivity index (χ0v) is 9.24. The Labute approximate surface area is 102 Å². The van der Waals surface area contributed by atoms with E-state index in [0.717, 1.165) is 0 Å². The molecule has 0 aliphatic heterocycles. The average Bonchev–Trinajstić information content (AvgIpc) is 2.90. The third kappa shape index (κ3) is 2.54. The van der Waals surface area contributed by atoms with E-state index in [1.54, 1.807) is 30.3 Å². The number of carboxylic acid groups (broad SMARTS) is 1. The Morgan fingerprint density at radius 3 is 2.50 bits per heavy atom. The van der Waals surface area contributed by atoms with E-state index in [9.17, 15) is 9.59 Å². The molecule has 1 aromatic carbocycles. The second-order valence-corrected chi connectivity index (χ2v) is 3.53. The number of hydrogen-bond acceptors (Lipinski definition) is 4. The molecule has 2 aromatic rings. The van der Waals surface area contributed by atoms with Gasteiger partial charge in [0.15, 0.2) is 6.04 Å². The van der Waals surface area contributed by atoms with Crippen LogP contribution < -0.4 is 5.32 Å². The second kappa shape index (κ2) is 5.13. The predicted octanol–water partition coefficient (Wildman–Crippen LogP) is 1.23. The molecule has 0 aliphatic rings. The lowest BCUT2D eigenvalue weighted by Gasteiger charge is -2.13. The fraction of sp³-hybridized carbons (Fsp3) is 0.0833. The molecule has 0 saturated carbocycles. The number of rotatable bonds is 4. The first kappa shape index (κ1) is 11.8. The van der Waals surface area contributed by atoms with Crippen LogP contribution in [0, 0.1) is 0 Å². The van der Waals surface area contributed by atoms with Gasteiger partial charge in [0.25, 0.3) is 5.91 Å². The summed E-state index contributed by atoms with van der Waals surface area (Å²) in [6, 6.07) is 8.65. The van der Waals surface area contributed by atoms with Crippen molar-refractivity contribution in [1.82, 2.24) is 10.5 Å². The van der Waals surface area contributed by atoms with Crippen molar-refractivity contribution in [3.63, 3.8) is 0 Å². The molecule has 0 unspecified atom stereocenters. The van der Waals surface area contributed by atoms with Crippen LogP contribution in [0.4, 0.5) is 0 Å². The maximum absolute atomic E-state index is 11.7. The Morgan fingerprint density at radius 1 is 1.22 bits per heavy atom.